The van der Waals surface area contributed by atoms with E-state index in [-0.39, 0.29) is 29.6 Å². The fraction of sp³-hybridized carbons (Fsp3) is 0.833. The van der Waals surface area contributed by atoms with E-state index in [4.69, 9.17) is 24.1 Å². The molecule has 19 heteroatoms. The standard InChI is InChI=1S/C18H31O17P.Na/c1-2-3-31-18(17(26)27)4-9(35-36(28,29)30)15(14(34-18)8(22)6-20)33-16-12(25)10(23)11(24)13(32-16)7(21)5-19;/h2,7-16,19-25H,1,3-6H2,(H,26,27)(H2,28,29,30);/q;+1/p-1/t7-,8+,9+,10-,11-,12-,13+,14+,15+,16+,18+;/m0./s1. The van der Waals surface area contributed by atoms with E-state index in [2.05, 4.69) is 11.1 Å². The van der Waals surface area contributed by atoms with Crippen molar-refractivity contribution in [2.75, 3.05) is 19.8 Å². The number of carboxylic acids is 1. The predicted octanol–water partition coefficient (Wildman–Crippen LogP) is -9.19. The molecule has 2 aliphatic heterocycles. The summed E-state index contributed by atoms with van der Waals surface area (Å²) in [5.74, 6) is -4.83. The third-order valence-electron chi connectivity index (χ3n) is 5.54. The zero-order valence-electron chi connectivity index (χ0n) is 19.6. The van der Waals surface area contributed by atoms with Gasteiger partial charge in [0.05, 0.1) is 19.8 Å². The van der Waals surface area contributed by atoms with E-state index in [1.165, 1.54) is 0 Å². The molecule has 0 aliphatic carbocycles. The average Bonchev–Trinajstić information content (AvgIpc) is 2.81. The van der Waals surface area contributed by atoms with E-state index >= 15 is 0 Å². The number of ether oxygens (including phenoxy) is 4. The van der Waals surface area contributed by atoms with E-state index in [9.17, 15) is 54.9 Å². The maximum Gasteiger partial charge on any atom is 1.00 e. The Morgan fingerprint density at radius 2 is 1.68 bits per heavy atom. The SMILES string of the molecule is C=CCO[C@]1(C(=O)[O-])C[C@@H](OP(=O)(O)O)[C@@H](O[C@H]2O[C@H]([C@@H](O)CO)[C@@H](O)[C@H](O)[C@@H]2O)[C@@H]([C@H](O)CO)O1.[Na+]. The first kappa shape index (κ1) is 34.9. The molecule has 11 atom stereocenters. The topological polar surface area (TPSA) is 285 Å². The molecular formula is C18H30NaO17P. The second-order valence-electron chi connectivity index (χ2n) is 8.10. The van der Waals surface area contributed by atoms with Gasteiger partial charge in [0.1, 0.15) is 60.9 Å². The number of aliphatic carboxylic acids is 1. The zero-order valence-corrected chi connectivity index (χ0v) is 22.5. The van der Waals surface area contributed by atoms with Gasteiger partial charge in [-0.15, -0.1) is 6.58 Å². The van der Waals surface area contributed by atoms with Crippen LogP contribution in [0.15, 0.2) is 12.7 Å². The van der Waals surface area contributed by atoms with Gasteiger partial charge in [-0.25, -0.2) is 4.57 Å². The van der Waals surface area contributed by atoms with Gasteiger partial charge in [0.2, 0.25) is 5.79 Å². The van der Waals surface area contributed by atoms with Gasteiger partial charge in [0.15, 0.2) is 6.29 Å². The van der Waals surface area contributed by atoms with Crippen molar-refractivity contribution in [3.05, 3.63) is 12.7 Å². The minimum Gasteiger partial charge on any atom is -0.544 e. The second kappa shape index (κ2) is 14.5. The zero-order chi connectivity index (χ0) is 27.4. The van der Waals surface area contributed by atoms with Crippen LogP contribution in [0.2, 0.25) is 0 Å². The van der Waals surface area contributed by atoms with E-state index in [1.807, 2.05) is 0 Å². The molecule has 2 rings (SSSR count). The van der Waals surface area contributed by atoms with Crippen LogP contribution >= 0.6 is 7.82 Å². The van der Waals surface area contributed by atoms with Crippen LogP contribution in [-0.2, 0) is 32.8 Å². The molecule has 37 heavy (non-hydrogen) atoms. The Morgan fingerprint density at radius 1 is 1.11 bits per heavy atom. The number of carbonyl (C=O) groups is 1. The van der Waals surface area contributed by atoms with Gasteiger partial charge in [0.25, 0.3) is 0 Å². The van der Waals surface area contributed by atoms with Crippen LogP contribution in [0.4, 0.5) is 0 Å². The summed E-state index contributed by atoms with van der Waals surface area (Å²) in [6.45, 7) is 0.815. The Morgan fingerprint density at radius 3 is 2.16 bits per heavy atom. The van der Waals surface area contributed by atoms with Crippen LogP contribution in [0.1, 0.15) is 6.42 Å². The largest absolute Gasteiger partial charge is 1.00 e. The molecule has 17 nitrogen and oxygen atoms in total. The van der Waals surface area contributed by atoms with E-state index < -0.39 is 107 Å². The minimum atomic E-state index is -5.41. The van der Waals surface area contributed by atoms with Gasteiger partial charge in [-0.2, -0.15) is 0 Å². The normalized spacial score (nSPS) is 38.3. The van der Waals surface area contributed by atoms with Crippen LogP contribution in [0, 0.1) is 0 Å². The van der Waals surface area contributed by atoms with Crippen LogP contribution in [0.5, 0.6) is 0 Å². The summed E-state index contributed by atoms with van der Waals surface area (Å²) >= 11 is 0. The monoisotopic (exact) mass is 572 g/mol. The number of hydrogen-bond acceptors (Lipinski definition) is 15. The maximum atomic E-state index is 11.9. The first-order chi connectivity index (χ1) is 16.7. The summed E-state index contributed by atoms with van der Waals surface area (Å²) in [7, 11) is -5.41. The number of carbonyl (C=O) groups excluding carboxylic acids is 1. The number of carboxylic acid groups (broad SMARTS) is 1. The molecule has 210 valence electrons. The van der Waals surface area contributed by atoms with E-state index in [0.29, 0.717) is 0 Å². The van der Waals surface area contributed by atoms with Gasteiger partial charge in [0, 0.05) is 6.42 Å². The number of phosphoric ester groups is 1. The number of phosphoric acid groups is 1. The smallest absolute Gasteiger partial charge is 0.544 e. The van der Waals surface area contributed by atoms with Crippen LogP contribution in [-0.4, -0.2) is 138 Å². The van der Waals surface area contributed by atoms with Gasteiger partial charge >= 0.3 is 37.4 Å². The van der Waals surface area contributed by atoms with Crippen molar-refractivity contribution < 1.29 is 113 Å². The van der Waals surface area contributed by atoms with Crippen molar-refractivity contribution in [1.82, 2.24) is 0 Å². The third kappa shape index (κ3) is 8.43. The molecule has 2 aliphatic rings. The van der Waals surface area contributed by atoms with Gasteiger partial charge in [-0.05, 0) is 0 Å². The number of aliphatic hydroxyl groups is 7. The molecule has 2 saturated heterocycles. The molecule has 9 N–H and O–H groups in total. The summed E-state index contributed by atoms with van der Waals surface area (Å²) in [6.07, 6.45) is -19.4. The molecular weight excluding hydrogens is 542 g/mol. The Bertz CT molecular complexity index is 798. The quantitative estimate of drug-likeness (QED) is 0.0596. The fourth-order valence-electron chi connectivity index (χ4n) is 3.81. The molecule has 0 amide bonds. The Balaban J connectivity index is 0.00000684. The fourth-order valence-corrected chi connectivity index (χ4v) is 4.35. The molecule has 0 spiro atoms. The van der Waals surface area contributed by atoms with Gasteiger partial charge in [-0.1, -0.05) is 6.08 Å². The first-order valence-electron chi connectivity index (χ1n) is 10.5. The summed E-state index contributed by atoms with van der Waals surface area (Å²) in [5.41, 5.74) is 0. The third-order valence-corrected chi connectivity index (χ3v) is 6.08. The van der Waals surface area contributed by atoms with E-state index in [0.717, 1.165) is 6.08 Å². The average molecular weight is 572 g/mol. The van der Waals surface area contributed by atoms with Crippen LogP contribution in [0.3, 0.4) is 0 Å². The van der Waals surface area contributed by atoms with Crippen molar-refractivity contribution in [2.45, 2.75) is 73.4 Å². The number of aliphatic hydroxyl groups excluding tert-OH is 7. The van der Waals surface area contributed by atoms with Crippen LogP contribution < -0.4 is 34.7 Å². The Kier molecular flexibility index (Phi) is 13.7. The molecule has 2 fully saturated rings. The van der Waals surface area contributed by atoms with Crippen molar-refractivity contribution >= 4 is 13.8 Å². The summed E-state index contributed by atoms with van der Waals surface area (Å²) in [5, 5.41) is 81.3. The molecule has 0 aromatic rings. The molecule has 0 bridgehead atoms. The second-order valence-corrected chi connectivity index (χ2v) is 9.29. The molecule has 0 aromatic carbocycles. The molecule has 0 saturated carbocycles. The van der Waals surface area contributed by atoms with Gasteiger partial charge < -0.3 is 74.4 Å². The summed E-state index contributed by atoms with van der Waals surface area (Å²) in [4.78, 5) is 30.7. The molecule has 0 unspecified atom stereocenters. The van der Waals surface area contributed by atoms with Crippen LogP contribution in [0.25, 0.3) is 0 Å². The van der Waals surface area contributed by atoms with Crippen molar-refractivity contribution in [1.29, 1.82) is 0 Å². The first-order valence-corrected chi connectivity index (χ1v) is 12.0. The molecule has 0 aromatic heterocycles. The summed E-state index contributed by atoms with van der Waals surface area (Å²) < 4.78 is 37.4. The Labute approximate surface area is 232 Å². The predicted molar refractivity (Wildman–Crippen MR) is 108 cm³/mol. The van der Waals surface area contributed by atoms with Crippen molar-refractivity contribution in [3.8, 4) is 0 Å². The van der Waals surface area contributed by atoms with E-state index in [1.54, 1.807) is 0 Å². The molecule has 2 heterocycles. The Hall–Kier alpha value is -0.120. The van der Waals surface area contributed by atoms with Gasteiger partial charge in [-0.3, -0.25) is 4.52 Å². The number of rotatable bonds is 12. The maximum absolute atomic E-state index is 11.9. The van der Waals surface area contributed by atoms with Crippen molar-refractivity contribution in [3.63, 3.8) is 0 Å². The minimum absolute atomic E-state index is 0. The number of hydrogen-bond donors (Lipinski definition) is 9. The molecule has 0 radical (unpaired) electrons. The summed E-state index contributed by atoms with van der Waals surface area (Å²) in [6, 6.07) is 0. The van der Waals surface area contributed by atoms with Crippen molar-refractivity contribution in [2.24, 2.45) is 0 Å².